The van der Waals surface area contributed by atoms with Crippen LogP contribution in [0.3, 0.4) is 0 Å². The van der Waals surface area contributed by atoms with Gasteiger partial charge in [-0.05, 0) is 70.3 Å². The molecule has 4 saturated heterocycles. The number of fused-ring (bicyclic) bond motifs is 7. The molecule has 3 unspecified atom stereocenters. The Morgan fingerprint density at radius 3 is 2.51 bits per heavy atom. The van der Waals surface area contributed by atoms with Gasteiger partial charge < -0.3 is 34.3 Å². The van der Waals surface area contributed by atoms with Crippen molar-refractivity contribution in [1.82, 2.24) is 0 Å². The molecule has 14 atom stereocenters. The van der Waals surface area contributed by atoms with Crippen molar-refractivity contribution >= 4 is 11.8 Å². The van der Waals surface area contributed by atoms with Crippen LogP contribution in [0.15, 0.2) is 12.2 Å². The topological polar surface area (TPSA) is 135 Å². The molecule has 0 radical (unpaired) electrons. The van der Waals surface area contributed by atoms with Crippen molar-refractivity contribution in [3.8, 4) is 0 Å². The van der Waals surface area contributed by atoms with E-state index in [2.05, 4.69) is 0 Å². The Kier molecular flexibility index (Phi) is 3.93. The Hall–Kier alpha value is -1.36. The van der Waals surface area contributed by atoms with Gasteiger partial charge in [-0.1, -0.05) is 13.0 Å². The molecule has 0 aromatic carbocycles. The van der Waals surface area contributed by atoms with Gasteiger partial charge in [0.25, 0.3) is 0 Å². The number of hydrogen-bond acceptors (Lipinski definition) is 9. The van der Waals surface area contributed by atoms with Gasteiger partial charge >= 0.3 is 5.97 Å². The van der Waals surface area contributed by atoms with E-state index in [-0.39, 0.29) is 42.7 Å². The standard InChI is InChI=1S/C28H36O9/c1-22-15-11-28(33)23(2)14(13(15)10-18-27(22,36-18)8-5-6-17(22)29)7-9-26(23,32)16-12-34-25(4)20(19(16)37-28)35-21(30)24(25,3)31/h5-6,13-16,18-20,31-33H,7-12H2,1-4H3/t13?,14?,15?,16-,18-,19+,20+,22+,23+,24-,25-,26-,27-,28+/m1/s1. The molecule has 7 fully saturated rings. The van der Waals surface area contributed by atoms with Gasteiger partial charge in [0.15, 0.2) is 23.3 Å². The first-order chi connectivity index (χ1) is 17.2. The Morgan fingerprint density at radius 1 is 1.00 bits per heavy atom. The Bertz CT molecular complexity index is 1180. The number of esters is 1. The van der Waals surface area contributed by atoms with Crippen molar-refractivity contribution in [3.63, 3.8) is 0 Å². The second-order valence-corrected chi connectivity index (χ2v) is 13.9. The number of carbonyl (C=O) groups excluding carboxylic acids is 2. The highest BCUT2D eigenvalue weighted by molar-refractivity contribution is 5.97. The number of hydrogen-bond donors (Lipinski definition) is 3. The smallest absolute Gasteiger partial charge is 0.341 e. The summed E-state index contributed by atoms with van der Waals surface area (Å²) in [5.74, 6) is -3.26. The number of aliphatic hydroxyl groups is 3. The predicted octanol–water partition coefficient (Wildman–Crippen LogP) is 1.02. The normalized spacial score (nSPS) is 66.5. The molecule has 3 saturated carbocycles. The minimum Gasteiger partial charge on any atom is -0.454 e. The van der Waals surface area contributed by atoms with Crippen LogP contribution >= 0.6 is 0 Å². The minimum atomic E-state index is -1.89. The average molecular weight is 517 g/mol. The van der Waals surface area contributed by atoms with E-state index in [1.165, 1.54) is 6.92 Å². The van der Waals surface area contributed by atoms with E-state index in [4.69, 9.17) is 18.9 Å². The highest BCUT2D eigenvalue weighted by atomic mass is 16.7. The number of carbonyl (C=O) groups is 2. The molecule has 4 heterocycles. The first kappa shape index (κ1) is 23.5. The van der Waals surface area contributed by atoms with Crippen LogP contribution < -0.4 is 0 Å². The van der Waals surface area contributed by atoms with Gasteiger partial charge in [0.1, 0.15) is 17.3 Å². The quantitative estimate of drug-likeness (QED) is 0.318. The maximum Gasteiger partial charge on any atom is 0.341 e. The summed E-state index contributed by atoms with van der Waals surface area (Å²) in [4.78, 5) is 26.2. The third-order valence-electron chi connectivity index (χ3n) is 13.3. The molecule has 0 amide bonds. The first-order valence-corrected chi connectivity index (χ1v) is 13.8. The van der Waals surface area contributed by atoms with Crippen LogP contribution in [0.4, 0.5) is 0 Å². The van der Waals surface area contributed by atoms with Crippen molar-refractivity contribution in [1.29, 1.82) is 0 Å². The fourth-order valence-corrected chi connectivity index (χ4v) is 10.7. The molecule has 4 aliphatic carbocycles. The van der Waals surface area contributed by atoms with E-state index in [0.717, 1.165) is 6.42 Å². The van der Waals surface area contributed by atoms with Gasteiger partial charge in [0.05, 0.1) is 29.1 Å². The van der Waals surface area contributed by atoms with Crippen LogP contribution in [0.1, 0.15) is 59.8 Å². The molecule has 0 aromatic rings. The number of allylic oxidation sites excluding steroid dienone is 1. The zero-order chi connectivity index (χ0) is 26.2. The molecule has 3 N–H and O–H groups in total. The SMILES string of the molecule is C[C@]12C3CC[C@@]1(O)[C@@H]1CO[C@]4(C)[C@@H](OC(=O)[C@@]4(C)O)[C@H]1O[C@@]2(O)CC1C3C[C@H]2O[C@]23CC=CC(=O)[C@]13C. The van der Waals surface area contributed by atoms with Crippen molar-refractivity contribution in [2.75, 3.05) is 6.61 Å². The summed E-state index contributed by atoms with van der Waals surface area (Å²) in [6.45, 7) is 7.00. The lowest BCUT2D eigenvalue weighted by Crippen LogP contribution is -2.80. The number of ether oxygens (including phenoxy) is 4. The van der Waals surface area contributed by atoms with Crippen LogP contribution in [0.5, 0.6) is 0 Å². The molecule has 8 aliphatic rings. The fourth-order valence-electron chi connectivity index (χ4n) is 10.7. The molecule has 0 aromatic heterocycles. The monoisotopic (exact) mass is 516 g/mol. The van der Waals surface area contributed by atoms with E-state index in [0.29, 0.717) is 19.3 Å². The summed E-state index contributed by atoms with van der Waals surface area (Å²) in [6.07, 6.45) is 4.51. The minimum absolute atomic E-state index is 0.00671. The summed E-state index contributed by atoms with van der Waals surface area (Å²) in [5, 5.41) is 36.1. The summed E-state index contributed by atoms with van der Waals surface area (Å²) < 4.78 is 24.8. The van der Waals surface area contributed by atoms with Gasteiger partial charge in [-0.3, -0.25) is 4.79 Å². The summed E-state index contributed by atoms with van der Waals surface area (Å²) in [5.41, 5.74) is -6.95. The first-order valence-electron chi connectivity index (χ1n) is 13.8. The second-order valence-electron chi connectivity index (χ2n) is 13.9. The van der Waals surface area contributed by atoms with Gasteiger partial charge in [-0.2, -0.15) is 0 Å². The van der Waals surface area contributed by atoms with E-state index in [1.54, 1.807) is 13.0 Å². The summed E-state index contributed by atoms with van der Waals surface area (Å²) >= 11 is 0. The molecule has 8 rings (SSSR count). The number of epoxide rings is 1. The highest BCUT2D eigenvalue weighted by Crippen LogP contribution is 2.77. The zero-order valence-corrected chi connectivity index (χ0v) is 21.7. The Balaban J connectivity index is 1.26. The lowest BCUT2D eigenvalue weighted by atomic mass is 9.41. The third kappa shape index (κ3) is 2.10. The molecule has 4 aliphatic heterocycles. The molecular formula is C28H36O9. The van der Waals surface area contributed by atoms with E-state index >= 15 is 0 Å². The lowest BCUT2D eigenvalue weighted by molar-refractivity contribution is -0.435. The van der Waals surface area contributed by atoms with Crippen molar-refractivity contribution in [3.05, 3.63) is 12.2 Å². The Labute approximate surface area is 215 Å². The average Bonchev–Trinajstić information content (AvgIpc) is 3.41. The third-order valence-corrected chi connectivity index (χ3v) is 13.3. The highest BCUT2D eigenvalue weighted by Gasteiger charge is 2.85. The molecule has 37 heavy (non-hydrogen) atoms. The van der Waals surface area contributed by atoms with Gasteiger partial charge in [0.2, 0.25) is 0 Å². The number of ketones is 1. The van der Waals surface area contributed by atoms with Gasteiger partial charge in [0, 0.05) is 12.3 Å². The van der Waals surface area contributed by atoms with Gasteiger partial charge in [-0.25, -0.2) is 4.79 Å². The predicted molar refractivity (Wildman–Crippen MR) is 125 cm³/mol. The molecule has 9 heteroatoms. The van der Waals surface area contributed by atoms with Gasteiger partial charge in [-0.15, -0.1) is 0 Å². The van der Waals surface area contributed by atoms with Crippen molar-refractivity contribution in [2.45, 2.75) is 106 Å². The van der Waals surface area contributed by atoms with Crippen molar-refractivity contribution in [2.24, 2.45) is 34.5 Å². The molecule has 0 bridgehead atoms. The van der Waals surface area contributed by atoms with Crippen molar-refractivity contribution < 1.29 is 43.9 Å². The van der Waals surface area contributed by atoms with Crippen LogP contribution in [0.25, 0.3) is 0 Å². The molecule has 9 nitrogen and oxygen atoms in total. The summed E-state index contributed by atoms with van der Waals surface area (Å²) in [6, 6.07) is 0. The second kappa shape index (κ2) is 6.18. The fraction of sp³-hybridized carbons (Fsp3) is 0.857. The Morgan fingerprint density at radius 2 is 1.76 bits per heavy atom. The van der Waals surface area contributed by atoms with Crippen LogP contribution in [0, 0.1) is 34.5 Å². The maximum absolute atomic E-state index is 13.5. The van der Waals surface area contributed by atoms with E-state index in [9.17, 15) is 24.9 Å². The molecule has 1 spiro atoms. The van der Waals surface area contributed by atoms with Crippen LogP contribution in [-0.2, 0) is 28.5 Å². The largest absolute Gasteiger partial charge is 0.454 e. The summed E-state index contributed by atoms with van der Waals surface area (Å²) in [7, 11) is 0. The zero-order valence-electron chi connectivity index (χ0n) is 21.7. The van der Waals surface area contributed by atoms with E-state index in [1.807, 2.05) is 19.9 Å². The molecular weight excluding hydrogens is 480 g/mol. The number of rotatable bonds is 0. The van der Waals surface area contributed by atoms with Crippen LogP contribution in [0.2, 0.25) is 0 Å². The maximum atomic E-state index is 13.5. The van der Waals surface area contributed by atoms with E-state index < -0.39 is 63.1 Å². The lowest BCUT2D eigenvalue weighted by Gasteiger charge is -2.69. The molecule has 202 valence electrons. The van der Waals surface area contributed by atoms with Crippen LogP contribution in [-0.4, -0.2) is 80.2 Å².